The van der Waals surface area contributed by atoms with Crippen LogP contribution in [0.1, 0.15) is 26.3 Å². The second-order valence-electron chi connectivity index (χ2n) is 9.54. The third kappa shape index (κ3) is 4.94. The van der Waals surface area contributed by atoms with Gasteiger partial charge in [0, 0.05) is 18.4 Å². The molecule has 0 aromatic heterocycles. The Balaban J connectivity index is 1.83. The molecular weight excluding hydrogens is 472 g/mol. The zero-order chi connectivity index (χ0) is 25.1. The van der Waals surface area contributed by atoms with Crippen LogP contribution in [0.5, 0.6) is 5.75 Å². The highest BCUT2D eigenvalue weighted by Crippen LogP contribution is 2.39. The summed E-state index contributed by atoms with van der Waals surface area (Å²) in [5.74, 6) is 1.22. The van der Waals surface area contributed by atoms with Crippen LogP contribution in [-0.2, 0) is 9.63 Å². The molecule has 0 aliphatic carbocycles. The van der Waals surface area contributed by atoms with Gasteiger partial charge < -0.3 is 4.43 Å². The van der Waals surface area contributed by atoms with Crippen LogP contribution < -0.4 is 14.8 Å². The molecule has 3 aromatic rings. The maximum Gasteiger partial charge on any atom is 0.319 e. The molecule has 1 aliphatic rings. The highest BCUT2D eigenvalue weighted by molar-refractivity contribution is 8.14. The van der Waals surface area contributed by atoms with Crippen molar-refractivity contribution in [1.82, 2.24) is 5.06 Å². The first-order chi connectivity index (χ1) is 16.8. The quantitative estimate of drug-likeness (QED) is 0.351. The Morgan fingerprint density at radius 2 is 1.49 bits per heavy atom. The average Bonchev–Trinajstić information content (AvgIpc) is 3.37. The molecule has 1 atom stereocenters. The summed E-state index contributed by atoms with van der Waals surface area (Å²) in [5.41, 5.74) is 0.917. The number of amides is 1. The Bertz CT molecular complexity index is 1160. The predicted octanol–water partition coefficient (Wildman–Crippen LogP) is 4.51. The first-order valence-corrected chi connectivity index (χ1v) is 14.6. The van der Waals surface area contributed by atoms with Crippen molar-refractivity contribution in [2.24, 2.45) is 4.99 Å². The molecule has 0 unspecified atom stereocenters. The van der Waals surface area contributed by atoms with Crippen LogP contribution in [-0.4, -0.2) is 50.3 Å². The molecule has 0 saturated carbocycles. The number of hydrogen-bond donors (Lipinski definition) is 0. The van der Waals surface area contributed by atoms with Crippen LogP contribution in [0, 0.1) is 0 Å². The van der Waals surface area contributed by atoms with Gasteiger partial charge in [-0.05, 0) is 27.5 Å². The SMILES string of the molecule is CON(C)C(=O)[C@H]1CSC(c2ccccc2O[Si](c2ccccc2)(c2ccccc2)C(C)(C)C)=N1. The number of thioether (sulfide) groups is 1. The molecule has 4 rings (SSSR count). The minimum absolute atomic E-state index is 0.152. The van der Waals surface area contributed by atoms with E-state index < -0.39 is 14.4 Å². The van der Waals surface area contributed by atoms with Crippen molar-refractivity contribution >= 4 is 41.4 Å². The number of aliphatic imine (C=N–C) groups is 1. The Hall–Kier alpha value is -2.87. The zero-order valence-electron chi connectivity index (χ0n) is 20.9. The Morgan fingerprint density at radius 3 is 2.03 bits per heavy atom. The summed E-state index contributed by atoms with van der Waals surface area (Å²) in [5, 5.41) is 4.32. The van der Waals surface area contributed by atoms with E-state index in [2.05, 4.69) is 69.3 Å². The van der Waals surface area contributed by atoms with Gasteiger partial charge in [-0.1, -0.05) is 93.6 Å². The highest BCUT2D eigenvalue weighted by atomic mass is 32.2. The van der Waals surface area contributed by atoms with E-state index in [4.69, 9.17) is 14.3 Å². The molecule has 7 heteroatoms. The molecule has 5 nitrogen and oxygen atoms in total. The van der Waals surface area contributed by atoms with Crippen molar-refractivity contribution in [1.29, 1.82) is 0 Å². The number of carbonyl (C=O) groups is 1. The number of rotatable bonds is 7. The average molecular weight is 505 g/mol. The summed E-state index contributed by atoms with van der Waals surface area (Å²) < 4.78 is 7.27. The summed E-state index contributed by atoms with van der Waals surface area (Å²) in [7, 11) is 0.301. The van der Waals surface area contributed by atoms with Gasteiger partial charge in [-0.3, -0.25) is 14.6 Å². The fraction of sp³-hybridized carbons (Fsp3) is 0.286. The summed E-state index contributed by atoms with van der Waals surface area (Å²) in [4.78, 5) is 22.5. The van der Waals surface area contributed by atoms with Crippen LogP contribution in [0.2, 0.25) is 5.04 Å². The van der Waals surface area contributed by atoms with Gasteiger partial charge in [0.15, 0.2) is 0 Å². The van der Waals surface area contributed by atoms with Crippen LogP contribution in [0.15, 0.2) is 89.9 Å². The van der Waals surface area contributed by atoms with E-state index in [0.29, 0.717) is 5.75 Å². The van der Waals surface area contributed by atoms with Crippen molar-refractivity contribution < 1.29 is 14.1 Å². The second kappa shape index (κ2) is 10.4. The summed E-state index contributed by atoms with van der Waals surface area (Å²) in [6, 6.07) is 28.7. The van der Waals surface area contributed by atoms with Crippen molar-refractivity contribution in [3.8, 4) is 5.75 Å². The van der Waals surface area contributed by atoms with E-state index in [9.17, 15) is 4.79 Å². The normalized spacial score (nSPS) is 16.0. The zero-order valence-corrected chi connectivity index (χ0v) is 22.7. The minimum atomic E-state index is -2.79. The van der Waals surface area contributed by atoms with Crippen molar-refractivity contribution in [2.75, 3.05) is 19.9 Å². The van der Waals surface area contributed by atoms with E-state index in [0.717, 1.165) is 16.4 Å². The highest BCUT2D eigenvalue weighted by Gasteiger charge is 2.52. The lowest BCUT2D eigenvalue weighted by Crippen LogP contribution is -2.68. The maximum absolute atomic E-state index is 12.6. The van der Waals surface area contributed by atoms with Crippen LogP contribution in [0.3, 0.4) is 0 Å². The lowest BCUT2D eigenvalue weighted by atomic mass is 10.2. The second-order valence-corrected chi connectivity index (χ2v) is 14.8. The van der Waals surface area contributed by atoms with E-state index in [-0.39, 0.29) is 10.9 Å². The minimum Gasteiger partial charge on any atom is -0.533 e. The van der Waals surface area contributed by atoms with E-state index in [1.165, 1.54) is 22.5 Å². The lowest BCUT2D eigenvalue weighted by molar-refractivity contribution is -0.169. The Labute approximate surface area is 213 Å². The maximum atomic E-state index is 12.6. The summed E-state index contributed by atoms with van der Waals surface area (Å²) in [6.07, 6.45) is 0. The Morgan fingerprint density at radius 1 is 0.943 bits per heavy atom. The molecule has 35 heavy (non-hydrogen) atoms. The van der Waals surface area contributed by atoms with Crippen molar-refractivity contribution in [3.63, 3.8) is 0 Å². The number of benzene rings is 3. The standard InChI is InChI=1S/C28H32N2O3SSi/c1-28(2,3)35(21-14-8-6-9-15-21,22-16-10-7-11-17-22)33-25-19-13-12-18-23(25)26-29-24(20-34-26)27(31)30(4)32-5/h6-19,24H,20H2,1-5H3/t24-/m1/s1. The number of nitrogens with zero attached hydrogens (tertiary/aromatic N) is 2. The van der Waals surface area contributed by atoms with Gasteiger partial charge in [0.25, 0.3) is 5.91 Å². The number of carbonyl (C=O) groups excluding carboxylic acids is 1. The number of hydroxylamine groups is 2. The van der Waals surface area contributed by atoms with Crippen LogP contribution >= 0.6 is 11.8 Å². The number of hydrogen-bond acceptors (Lipinski definition) is 5. The molecule has 0 bridgehead atoms. The fourth-order valence-electron chi connectivity index (χ4n) is 4.49. The van der Waals surface area contributed by atoms with Crippen LogP contribution in [0.25, 0.3) is 0 Å². The van der Waals surface area contributed by atoms with Crippen LogP contribution in [0.4, 0.5) is 0 Å². The number of likely N-dealkylation sites (N-methyl/N-ethyl adjacent to an activating group) is 1. The third-order valence-electron chi connectivity index (χ3n) is 6.32. The van der Waals surface area contributed by atoms with E-state index in [1.54, 1.807) is 18.8 Å². The van der Waals surface area contributed by atoms with Gasteiger partial charge in [0.05, 0.1) is 7.11 Å². The molecular formula is C28H32N2O3SSi. The number of para-hydroxylation sites is 1. The van der Waals surface area contributed by atoms with Gasteiger partial charge in [-0.15, -0.1) is 11.8 Å². The van der Waals surface area contributed by atoms with E-state index >= 15 is 0 Å². The molecule has 1 amide bonds. The van der Waals surface area contributed by atoms with Gasteiger partial charge in [0.1, 0.15) is 16.8 Å². The largest absolute Gasteiger partial charge is 0.533 e. The van der Waals surface area contributed by atoms with Gasteiger partial charge in [-0.2, -0.15) is 0 Å². The van der Waals surface area contributed by atoms with Gasteiger partial charge >= 0.3 is 8.32 Å². The molecule has 1 aliphatic heterocycles. The lowest BCUT2D eigenvalue weighted by Gasteiger charge is -2.43. The molecule has 1 heterocycles. The molecule has 0 radical (unpaired) electrons. The summed E-state index contributed by atoms with van der Waals surface area (Å²) >= 11 is 1.58. The van der Waals surface area contributed by atoms with Gasteiger partial charge in [-0.25, -0.2) is 5.06 Å². The fourth-order valence-corrected chi connectivity index (χ4v) is 9.99. The predicted molar refractivity (Wildman–Crippen MR) is 147 cm³/mol. The van der Waals surface area contributed by atoms with Gasteiger partial charge in [0.2, 0.25) is 0 Å². The third-order valence-corrected chi connectivity index (χ3v) is 12.3. The Kier molecular flexibility index (Phi) is 7.49. The molecule has 0 N–H and O–H groups in total. The smallest absolute Gasteiger partial charge is 0.319 e. The molecule has 0 spiro atoms. The topological polar surface area (TPSA) is 51.1 Å². The first-order valence-electron chi connectivity index (χ1n) is 11.7. The molecule has 0 saturated heterocycles. The van der Waals surface area contributed by atoms with Crippen molar-refractivity contribution in [3.05, 3.63) is 90.5 Å². The molecule has 3 aromatic carbocycles. The van der Waals surface area contributed by atoms with Crippen molar-refractivity contribution in [2.45, 2.75) is 31.9 Å². The monoisotopic (exact) mass is 504 g/mol. The summed E-state index contributed by atoms with van der Waals surface area (Å²) in [6.45, 7) is 6.79. The molecule has 0 fully saturated rings. The first kappa shape index (κ1) is 25.2. The van der Waals surface area contributed by atoms with E-state index in [1.807, 2.05) is 36.4 Å². The molecule has 182 valence electrons.